The predicted octanol–water partition coefficient (Wildman–Crippen LogP) is 2.10. The summed E-state index contributed by atoms with van der Waals surface area (Å²) in [5.41, 5.74) is 6.56. The number of aliphatic hydroxyl groups is 1. The third kappa shape index (κ3) is 14.4. The van der Waals surface area contributed by atoms with E-state index in [1.807, 2.05) is 51.1 Å². The van der Waals surface area contributed by atoms with Gasteiger partial charge in [-0.3, -0.25) is 28.9 Å². The van der Waals surface area contributed by atoms with Gasteiger partial charge in [0, 0.05) is 56.5 Å². The van der Waals surface area contributed by atoms with E-state index in [4.69, 9.17) is 24.9 Å². The Morgan fingerprint density at radius 2 is 1.53 bits per heavy atom. The molecule has 326 valence electrons. The van der Waals surface area contributed by atoms with Crippen molar-refractivity contribution in [1.82, 2.24) is 30.0 Å². The number of hydrogen-bond donors (Lipinski definition) is 4. The molecule has 2 atom stereocenters. The van der Waals surface area contributed by atoms with Crippen LogP contribution in [0.25, 0.3) is 11.3 Å². The fraction of sp³-hybridized carbons (Fsp3) is 0.476. The molecule has 2 aromatic carbocycles. The number of aliphatic hydroxyl groups excluding tert-OH is 1. The molecule has 5 N–H and O–H groups in total. The highest BCUT2D eigenvalue weighted by atomic mass is 19.1. The lowest BCUT2D eigenvalue weighted by molar-refractivity contribution is -0.140. The summed E-state index contributed by atoms with van der Waals surface area (Å²) in [5.74, 6) is -3.09. The molecule has 0 fully saturated rings. The molecule has 0 bridgehead atoms. The van der Waals surface area contributed by atoms with E-state index in [2.05, 4.69) is 10.6 Å². The molecule has 0 saturated heterocycles. The second kappa shape index (κ2) is 23.4. The van der Waals surface area contributed by atoms with Crippen molar-refractivity contribution in [2.45, 2.75) is 52.2 Å². The Kier molecular flexibility index (Phi) is 18.4. The minimum absolute atomic E-state index is 0.0103. The SMILES string of the molecule is CC(C)(C)C(c1nc(-c2cc(F)ccc2F)cn1Cc1ccccc1)N(CCC(N)C(=O)NCCNC(=O)CCOCCOCCOCCN1C(=O)C=CC1=O)C(=O)CO. The first-order valence-corrected chi connectivity index (χ1v) is 19.7. The standard InChI is InChI=1S/C42H55F2N7O9/c1-42(2,3)39(40-48-34(31-25-30(43)9-10-32(31)44)27-49(40)26-29-7-5-4-6-8-29)51(38(56)28-52)17-13-33(45)41(57)47-16-15-46-35(53)14-19-58-21-23-60-24-22-59-20-18-50-36(54)11-12-37(50)55/h4-12,25,27,33,39,52H,13-24,26,28,45H2,1-3H3,(H,46,53)(H,47,57). The lowest BCUT2D eigenvalue weighted by Gasteiger charge is -2.40. The van der Waals surface area contributed by atoms with E-state index in [0.29, 0.717) is 19.0 Å². The molecule has 5 amide bonds. The Morgan fingerprint density at radius 3 is 2.18 bits per heavy atom. The molecule has 0 aliphatic carbocycles. The van der Waals surface area contributed by atoms with Crippen LogP contribution in [0.4, 0.5) is 8.78 Å². The van der Waals surface area contributed by atoms with Crippen LogP contribution in [-0.2, 0) is 44.7 Å². The van der Waals surface area contributed by atoms with E-state index >= 15 is 0 Å². The second-order valence-electron chi connectivity index (χ2n) is 15.0. The Labute approximate surface area is 348 Å². The molecule has 0 saturated carbocycles. The molecule has 1 aromatic heterocycles. The number of nitrogens with zero attached hydrogens (tertiary/aromatic N) is 4. The van der Waals surface area contributed by atoms with Crippen LogP contribution in [0.1, 0.15) is 51.0 Å². The van der Waals surface area contributed by atoms with E-state index in [1.54, 1.807) is 10.8 Å². The first kappa shape index (κ1) is 47.3. The van der Waals surface area contributed by atoms with E-state index in [0.717, 1.165) is 28.7 Å². The number of nitrogens with two attached hydrogens (primary N) is 1. The number of nitrogens with one attached hydrogen (secondary N) is 2. The normalized spacial score (nSPS) is 13.8. The van der Waals surface area contributed by atoms with Gasteiger partial charge in [-0.15, -0.1) is 0 Å². The Morgan fingerprint density at radius 1 is 0.900 bits per heavy atom. The van der Waals surface area contributed by atoms with E-state index < -0.39 is 47.6 Å². The number of halogens is 2. The van der Waals surface area contributed by atoms with Crippen molar-refractivity contribution in [3.8, 4) is 11.3 Å². The van der Waals surface area contributed by atoms with E-state index in [1.165, 1.54) is 17.1 Å². The summed E-state index contributed by atoms with van der Waals surface area (Å²) in [7, 11) is 0. The Bertz CT molecular complexity index is 1920. The molecule has 1 aliphatic heterocycles. The average molecular weight is 840 g/mol. The Balaban J connectivity index is 1.22. The molecule has 3 aromatic rings. The molecule has 60 heavy (non-hydrogen) atoms. The molecule has 0 spiro atoms. The zero-order chi connectivity index (χ0) is 43.7. The van der Waals surface area contributed by atoms with Gasteiger partial charge in [0.15, 0.2) is 0 Å². The number of carbonyl (C=O) groups excluding carboxylic acids is 5. The summed E-state index contributed by atoms with van der Waals surface area (Å²) >= 11 is 0. The third-order valence-corrected chi connectivity index (χ3v) is 9.38. The number of amides is 5. The fourth-order valence-corrected chi connectivity index (χ4v) is 6.39. The number of aromatic nitrogens is 2. The molecule has 16 nitrogen and oxygen atoms in total. The number of imidazole rings is 1. The molecule has 18 heteroatoms. The van der Waals surface area contributed by atoms with Crippen molar-refractivity contribution in [2.24, 2.45) is 11.1 Å². The van der Waals surface area contributed by atoms with Crippen LogP contribution in [-0.4, -0.2) is 132 Å². The van der Waals surface area contributed by atoms with Crippen LogP contribution >= 0.6 is 0 Å². The van der Waals surface area contributed by atoms with E-state index in [-0.39, 0.29) is 101 Å². The van der Waals surface area contributed by atoms with Gasteiger partial charge in [0.1, 0.15) is 24.1 Å². The van der Waals surface area contributed by atoms with Gasteiger partial charge < -0.3 is 45.2 Å². The van der Waals surface area contributed by atoms with Crippen molar-refractivity contribution in [3.63, 3.8) is 0 Å². The first-order valence-electron chi connectivity index (χ1n) is 19.7. The van der Waals surface area contributed by atoms with Crippen LogP contribution < -0.4 is 16.4 Å². The molecule has 2 unspecified atom stereocenters. The number of benzene rings is 2. The fourth-order valence-electron chi connectivity index (χ4n) is 6.39. The van der Waals surface area contributed by atoms with Crippen molar-refractivity contribution >= 4 is 29.5 Å². The van der Waals surface area contributed by atoms with Crippen LogP contribution in [0.15, 0.2) is 66.9 Å². The largest absolute Gasteiger partial charge is 0.387 e. The summed E-state index contributed by atoms with van der Waals surface area (Å²) in [5, 5.41) is 15.4. The zero-order valence-electron chi connectivity index (χ0n) is 34.2. The maximum atomic E-state index is 15.0. The highest BCUT2D eigenvalue weighted by Crippen LogP contribution is 2.39. The maximum Gasteiger partial charge on any atom is 0.253 e. The number of carbonyl (C=O) groups is 5. The smallest absolute Gasteiger partial charge is 0.253 e. The van der Waals surface area contributed by atoms with Crippen LogP contribution in [0.3, 0.4) is 0 Å². The van der Waals surface area contributed by atoms with Gasteiger partial charge in [-0.2, -0.15) is 0 Å². The molecule has 2 heterocycles. The Hall–Kier alpha value is -5.40. The van der Waals surface area contributed by atoms with Gasteiger partial charge in [0.05, 0.1) is 64.0 Å². The molecule has 0 radical (unpaired) electrons. The quantitative estimate of drug-likeness (QED) is 0.0718. The lowest BCUT2D eigenvalue weighted by Crippen LogP contribution is -2.48. The minimum Gasteiger partial charge on any atom is -0.387 e. The van der Waals surface area contributed by atoms with Crippen LogP contribution in [0.2, 0.25) is 0 Å². The highest BCUT2D eigenvalue weighted by molar-refractivity contribution is 6.12. The molecular formula is C42H55F2N7O9. The number of imide groups is 1. The van der Waals surface area contributed by atoms with Crippen molar-refractivity contribution in [1.29, 1.82) is 0 Å². The molecule has 1 aliphatic rings. The highest BCUT2D eigenvalue weighted by Gasteiger charge is 2.38. The number of ether oxygens (including phenoxy) is 3. The number of rotatable bonds is 25. The summed E-state index contributed by atoms with van der Waals surface area (Å²) in [6.07, 6.45) is 4.14. The predicted molar refractivity (Wildman–Crippen MR) is 216 cm³/mol. The summed E-state index contributed by atoms with van der Waals surface area (Å²) in [6.45, 7) is 6.93. The third-order valence-electron chi connectivity index (χ3n) is 9.38. The average Bonchev–Trinajstić information content (AvgIpc) is 3.77. The van der Waals surface area contributed by atoms with Gasteiger partial charge in [-0.25, -0.2) is 13.8 Å². The van der Waals surface area contributed by atoms with Crippen LogP contribution in [0.5, 0.6) is 0 Å². The zero-order valence-corrected chi connectivity index (χ0v) is 34.2. The van der Waals surface area contributed by atoms with Gasteiger partial charge >= 0.3 is 0 Å². The molecular weight excluding hydrogens is 784 g/mol. The lowest BCUT2D eigenvalue weighted by atomic mass is 9.84. The summed E-state index contributed by atoms with van der Waals surface area (Å²) < 4.78 is 47.2. The molecule has 4 rings (SSSR count). The van der Waals surface area contributed by atoms with Gasteiger partial charge in [-0.05, 0) is 35.6 Å². The first-order chi connectivity index (χ1) is 28.7. The number of hydrogen-bond acceptors (Lipinski definition) is 11. The minimum atomic E-state index is -1.05. The van der Waals surface area contributed by atoms with E-state index in [9.17, 15) is 37.9 Å². The van der Waals surface area contributed by atoms with Crippen LogP contribution in [0, 0.1) is 17.0 Å². The van der Waals surface area contributed by atoms with Gasteiger partial charge in [0.2, 0.25) is 17.7 Å². The summed E-state index contributed by atoms with van der Waals surface area (Å²) in [6, 6.07) is 10.7. The van der Waals surface area contributed by atoms with Crippen molar-refractivity contribution in [3.05, 3.63) is 89.9 Å². The van der Waals surface area contributed by atoms with Gasteiger partial charge in [-0.1, -0.05) is 51.1 Å². The monoisotopic (exact) mass is 839 g/mol. The van der Waals surface area contributed by atoms with Crippen molar-refractivity contribution < 1.29 is 52.1 Å². The second-order valence-corrected chi connectivity index (χ2v) is 15.0. The summed E-state index contributed by atoms with van der Waals surface area (Å²) in [4.78, 5) is 68.9. The van der Waals surface area contributed by atoms with Gasteiger partial charge in [0.25, 0.3) is 11.8 Å². The maximum absolute atomic E-state index is 15.0. The van der Waals surface area contributed by atoms with Crippen molar-refractivity contribution in [2.75, 3.05) is 72.4 Å². The topological polar surface area (TPSA) is 208 Å².